The third-order valence-electron chi connectivity index (χ3n) is 3.07. The van der Waals surface area contributed by atoms with E-state index in [0.717, 1.165) is 13.2 Å². The smallest absolute Gasteiger partial charge is 0.166 e. The van der Waals surface area contributed by atoms with E-state index in [9.17, 15) is 0 Å². The molecule has 2 nitrogen and oxygen atoms in total. The first kappa shape index (κ1) is 10.3. The van der Waals surface area contributed by atoms with Gasteiger partial charge in [0.15, 0.2) is 0 Å². The van der Waals surface area contributed by atoms with Gasteiger partial charge in [0.2, 0.25) is 0 Å². The first-order valence-electron chi connectivity index (χ1n) is 5.95. The van der Waals surface area contributed by atoms with Crippen LogP contribution in [-0.2, 0) is 0 Å². The SMILES string of the molecule is CCCC[N+]1=c2ccccc2=[N+](CC)C1. The van der Waals surface area contributed by atoms with E-state index in [1.54, 1.807) is 0 Å². The highest BCUT2D eigenvalue weighted by molar-refractivity contribution is 5.04. The van der Waals surface area contributed by atoms with Crippen LogP contribution in [0.4, 0.5) is 0 Å². The summed E-state index contributed by atoms with van der Waals surface area (Å²) in [7, 11) is 0. The van der Waals surface area contributed by atoms with E-state index in [2.05, 4.69) is 47.3 Å². The second-order valence-corrected chi connectivity index (χ2v) is 4.10. The van der Waals surface area contributed by atoms with E-state index in [-0.39, 0.29) is 0 Å². The van der Waals surface area contributed by atoms with Gasteiger partial charge in [0, 0.05) is 18.6 Å². The number of hydrogen-bond donors (Lipinski definition) is 0. The largest absolute Gasteiger partial charge is 0.335 e. The van der Waals surface area contributed by atoms with Crippen molar-refractivity contribution in [3.63, 3.8) is 0 Å². The van der Waals surface area contributed by atoms with Crippen molar-refractivity contribution in [1.29, 1.82) is 0 Å². The van der Waals surface area contributed by atoms with Crippen molar-refractivity contribution in [2.75, 3.05) is 19.8 Å². The van der Waals surface area contributed by atoms with E-state index in [0.29, 0.717) is 0 Å². The molecule has 0 amide bonds. The summed E-state index contributed by atoms with van der Waals surface area (Å²) in [5, 5.41) is 2.81. The lowest BCUT2D eigenvalue weighted by molar-refractivity contribution is 0.486. The van der Waals surface area contributed by atoms with Gasteiger partial charge < -0.3 is 0 Å². The number of unbranched alkanes of at least 4 members (excludes halogenated alkanes) is 1. The molecule has 1 heterocycles. The topological polar surface area (TPSA) is 6.02 Å². The molecule has 80 valence electrons. The number of rotatable bonds is 4. The van der Waals surface area contributed by atoms with Crippen molar-refractivity contribution < 1.29 is 0 Å². The third kappa shape index (κ3) is 1.94. The molecule has 1 aromatic carbocycles. The number of hydrogen-bond acceptors (Lipinski definition) is 0. The van der Waals surface area contributed by atoms with Crippen molar-refractivity contribution in [2.24, 2.45) is 0 Å². The van der Waals surface area contributed by atoms with Crippen LogP contribution < -0.4 is 19.9 Å². The minimum absolute atomic E-state index is 1.07. The highest BCUT2D eigenvalue weighted by Crippen LogP contribution is 1.87. The molecule has 0 saturated carbocycles. The Morgan fingerprint density at radius 3 is 2.33 bits per heavy atom. The van der Waals surface area contributed by atoms with Gasteiger partial charge in [-0.25, -0.2) is 0 Å². The molecule has 0 atom stereocenters. The van der Waals surface area contributed by atoms with Crippen LogP contribution >= 0.6 is 0 Å². The second-order valence-electron chi connectivity index (χ2n) is 4.10. The third-order valence-corrected chi connectivity index (χ3v) is 3.07. The summed E-state index contributed by atoms with van der Waals surface area (Å²) < 4.78 is 4.92. The van der Waals surface area contributed by atoms with Gasteiger partial charge in [0.05, 0.1) is 0 Å². The fourth-order valence-corrected chi connectivity index (χ4v) is 2.17. The van der Waals surface area contributed by atoms with Crippen LogP contribution in [0.15, 0.2) is 24.3 Å². The molecule has 0 aliphatic carbocycles. The Balaban J connectivity index is 2.46. The Kier molecular flexibility index (Phi) is 3.14. The molecule has 0 unspecified atom stereocenters. The zero-order chi connectivity index (χ0) is 10.7. The highest BCUT2D eigenvalue weighted by Gasteiger charge is 2.23. The molecule has 0 spiro atoms. The summed E-state index contributed by atoms with van der Waals surface area (Å²) >= 11 is 0. The predicted octanol–water partition coefficient (Wildman–Crippen LogP) is 0.460. The van der Waals surface area contributed by atoms with Crippen molar-refractivity contribution >= 4 is 0 Å². The zero-order valence-corrected chi connectivity index (χ0v) is 9.74. The van der Waals surface area contributed by atoms with Gasteiger partial charge in [-0.3, -0.25) is 0 Å². The average molecular weight is 204 g/mol. The van der Waals surface area contributed by atoms with Crippen LogP contribution in [0.1, 0.15) is 26.7 Å². The molecule has 2 heteroatoms. The molecule has 0 N–H and O–H groups in total. The first-order valence-corrected chi connectivity index (χ1v) is 5.95. The van der Waals surface area contributed by atoms with Crippen LogP contribution in [-0.4, -0.2) is 19.8 Å². The van der Waals surface area contributed by atoms with Crippen LogP contribution in [0.3, 0.4) is 0 Å². The van der Waals surface area contributed by atoms with Gasteiger partial charge in [-0.1, -0.05) is 25.5 Å². The normalized spacial score (nSPS) is 14.5. The Morgan fingerprint density at radius 2 is 1.73 bits per heavy atom. The average Bonchev–Trinajstić information content (AvgIpc) is 2.65. The summed E-state index contributed by atoms with van der Waals surface area (Å²) in [4.78, 5) is 0. The Morgan fingerprint density at radius 1 is 1.07 bits per heavy atom. The summed E-state index contributed by atoms with van der Waals surface area (Å²) in [5.41, 5.74) is 0. The number of nitrogens with zero attached hydrogens (tertiary/aromatic N) is 2. The van der Waals surface area contributed by atoms with Gasteiger partial charge in [-0.2, -0.15) is 9.15 Å². The van der Waals surface area contributed by atoms with Crippen molar-refractivity contribution in [2.45, 2.75) is 26.7 Å². The predicted molar refractivity (Wildman–Crippen MR) is 63.3 cm³/mol. The second kappa shape index (κ2) is 4.56. The molecule has 0 radical (unpaired) electrons. The minimum Gasteiger partial charge on any atom is -0.166 e. The molecular formula is C13H20N2+2. The Hall–Kier alpha value is -1.18. The van der Waals surface area contributed by atoms with E-state index < -0.39 is 0 Å². The number of para-hydroxylation sites is 2. The van der Waals surface area contributed by atoms with Crippen molar-refractivity contribution in [3.8, 4) is 0 Å². The standard InChI is InChI=1S/C13H20N2/c1-3-5-10-15-11-14(4-2)12-8-6-7-9-13(12)15/h6-9H,3-5,10-11H2,1-2H3/q+2. The molecule has 0 bridgehead atoms. The van der Waals surface area contributed by atoms with E-state index in [1.165, 1.54) is 30.1 Å². The van der Waals surface area contributed by atoms with E-state index in [1.807, 2.05) is 0 Å². The van der Waals surface area contributed by atoms with Gasteiger partial charge >= 0.3 is 6.67 Å². The van der Waals surface area contributed by atoms with Crippen LogP contribution in [0.5, 0.6) is 0 Å². The van der Waals surface area contributed by atoms with Gasteiger partial charge in [0.1, 0.15) is 13.1 Å². The van der Waals surface area contributed by atoms with Crippen LogP contribution in [0.2, 0.25) is 0 Å². The lowest BCUT2D eigenvalue weighted by atomic mass is 10.3. The lowest BCUT2D eigenvalue weighted by Gasteiger charge is -1.95. The maximum absolute atomic E-state index is 2.49. The Labute approximate surface area is 91.2 Å². The highest BCUT2D eigenvalue weighted by atomic mass is 15.2. The van der Waals surface area contributed by atoms with Crippen molar-refractivity contribution in [3.05, 3.63) is 35.0 Å². The molecule has 1 aromatic rings. The molecule has 2 rings (SSSR count). The summed E-state index contributed by atoms with van der Waals surface area (Å²) in [6, 6.07) is 8.73. The molecule has 0 saturated heterocycles. The molecule has 1 aliphatic rings. The molecule has 0 fully saturated rings. The zero-order valence-electron chi connectivity index (χ0n) is 9.74. The van der Waals surface area contributed by atoms with Gasteiger partial charge in [0.25, 0.3) is 10.7 Å². The maximum Gasteiger partial charge on any atom is 0.335 e. The quantitative estimate of drug-likeness (QED) is 0.629. The monoisotopic (exact) mass is 204 g/mol. The number of fused-ring (bicyclic) bond motifs is 1. The van der Waals surface area contributed by atoms with E-state index in [4.69, 9.17) is 0 Å². The van der Waals surface area contributed by atoms with Crippen LogP contribution in [0, 0.1) is 0 Å². The fourth-order valence-electron chi connectivity index (χ4n) is 2.17. The van der Waals surface area contributed by atoms with Gasteiger partial charge in [-0.05, 0) is 6.92 Å². The fraction of sp³-hybridized carbons (Fsp3) is 0.538. The summed E-state index contributed by atoms with van der Waals surface area (Å²) in [5.74, 6) is 0. The number of benzene rings is 1. The van der Waals surface area contributed by atoms with Crippen molar-refractivity contribution in [1.82, 2.24) is 9.15 Å². The molecule has 0 aromatic heterocycles. The van der Waals surface area contributed by atoms with E-state index >= 15 is 0 Å². The van der Waals surface area contributed by atoms with Gasteiger partial charge in [-0.15, -0.1) is 0 Å². The molecule has 15 heavy (non-hydrogen) atoms. The maximum atomic E-state index is 2.49. The summed E-state index contributed by atoms with van der Waals surface area (Å²) in [6.07, 6.45) is 2.55. The summed E-state index contributed by atoms with van der Waals surface area (Å²) in [6.45, 7) is 7.82. The van der Waals surface area contributed by atoms with Crippen LogP contribution in [0.25, 0.3) is 0 Å². The minimum atomic E-state index is 1.07. The Bertz CT molecular complexity index is 460. The molecule has 1 aliphatic heterocycles. The molecular weight excluding hydrogens is 184 g/mol. The lowest BCUT2D eigenvalue weighted by Crippen LogP contribution is -2.34. The first-order chi connectivity index (χ1) is 7.36.